The highest BCUT2D eigenvalue weighted by Gasteiger charge is 2.18. The highest BCUT2D eigenvalue weighted by molar-refractivity contribution is 7.89. The van der Waals surface area contributed by atoms with Crippen molar-refractivity contribution in [1.82, 2.24) is 19.8 Å². The Labute approximate surface area is 108 Å². The minimum atomic E-state index is -3.38. The summed E-state index contributed by atoms with van der Waals surface area (Å²) in [6.07, 6.45) is 5.93. The van der Waals surface area contributed by atoms with Crippen molar-refractivity contribution >= 4 is 10.0 Å². The summed E-state index contributed by atoms with van der Waals surface area (Å²) in [5.74, 6) is 0.633. The maximum absolute atomic E-state index is 11.8. The van der Waals surface area contributed by atoms with E-state index in [9.17, 15) is 8.42 Å². The van der Waals surface area contributed by atoms with Crippen LogP contribution in [0.25, 0.3) is 0 Å². The molecular weight excluding hydrogens is 252 g/mol. The third-order valence-electron chi connectivity index (χ3n) is 3.47. The van der Waals surface area contributed by atoms with Gasteiger partial charge in [0.25, 0.3) is 0 Å². The molecule has 2 N–H and O–H groups in total. The molecule has 1 aliphatic heterocycles. The van der Waals surface area contributed by atoms with Gasteiger partial charge in [-0.25, -0.2) is 13.1 Å². The minimum Gasteiger partial charge on any atom is -0.306 e. The van der Waals surface area contributed by atoms with E-state index < -0.39 is 10.0 Å². The number of hydrogen-bond acceptors (Lipinski definition) is 4. The minimum absolute atomic E-state index is 0.200. The van der Waals surface area contributed by atoms with Crippen LogP contribution >= 0.6 is 0 Å². The van der Waals surface area contributed by atoms with Gasteiger partial charge in [0.1, 0.15) is 4.90 Å². The molecule has 18 heavy (non-hydrogen) atoms. The Morgan fingerprint density at radius 1 is 1.50 bits per heavy atom. The monoisotopic (exact) mass is 272 g/mol. The van der Waals surface area contributed by atoms with Crippen molar-refractivity contribution in [3.63, 3.8) is 0 Å². The topological polar surface area (TPSA) is 78.1 Å². The molecule has 7 heteroatoms. The lowest BCUT2D eigenvalue weighted by atomic mass is 9.94. The molecule has 0 atom stereocenters. The smallest absolute Gasteiger partial charge is 0.243 e. The summed E-state index contributed by atoms with van der Waals surface area (Å²) >= 11 is 0. The number of nitrogens with zero attached hydrogens (tertiary/aromatic N) is 2. The van der Waals surface area contributed by atoms with Gasteiger partial charge in [0.15, 0.2) is 0 Å². The van der Waals surface area contributed by atoms with Crippen LogP contribution in [-0.2, 0) is 10.0 Å². The Morgan fingerprint density at radius 2 is 2.22 bits per heavy atom. The first-order chi connectivity index (χ1) is 8.58. The summed E-state index contributed by atoms with van der Waals surface area (Å²) in [5, 5.41) is 6.15. The second-order valence-electron chi connectivity index (χ2n) is 4.87. The summed E-state index contributed by atoms with van der Waals surface area (Å²) in [6.45, 7) is 2.72. The molecule has 0 spiro atoms. The average molecular weight is 272 g/mol. The van der Waals surface area contributed by atoms with E-state index >= 15 is 0 Å². The van der Waals surface area contributed by atoms with Crippen LogP contribution in [0.4, 0.5) is 0 Å². The normalized spacial score (nSPS) is 19.2. The van der Waals surface area contributed by atoms with E-state index in [1.54, 1.807) is 0 Å². The number of nitrogens with one attached hydrogen (secondary N) is 2. The largest absolute Gasteiger partial charge is 0.306 e. The standard InChI is InChI=1S/C11H20N4O2S/c1-15-6-3-10(4-7-15)2-5-14-18(16,17)11-8-12-13-9-11/h8-10,14H,2-7H2,1H3,(H,12,13). The number of aromatic nitrogens is 2. The lowest BCUT2D eigenvalue weighted by Gasteiger charge is -2.28. The first-order valence-corrected chi connectivity index (χ1v) is 7.73. The van der Waals surface area contributed by atoms with Crippen molar-refractivity contribution in [3.05, 3.63) is 12.4 Å². The SMILES string of the molecule is CN1CCC(CCNS(=O)(=O)c2cn[nH]c2)CC1. The zero-order valence-corrected chi connectivity index (χ0v) is 11.4. The predicted octanol–water partition coefficient (Wildman–Crippen LogP) is 0.420. The quantitative estimate of drug-likeness (QED) is 0.814. The number of hydrogen-bond donors (Lipinski definition) is 2. The fourth-order valence-corrected chi connectivity index (χ4v) is 3.17. The van der Waals surface area contributed by atoms with Gasteiger partial charge in [-0.2, -0.15) is 5.10 Å². The van der Waals surface area contributed by atoms with Crippen molar-refractivity contribution < 1.29 is 8.42 Å². The molecule has 0 aromatic carbocycles. The predicted molar refractivity (Wildman–Crippen MR) is 68.6 cm³/mol. The van der Waals surface area contributed by atoms with Gasteiger partial charge in [0.2, 0.25) is 10.0 Å². The second kappa shape index (κ2) is 5.81. The number of sulfonamides is 1. The molecule has 0 aliphatic carbocycles. The van der Waals surface area contributed by atoms with Crippen LogP contribution in [0.5, 0.6) is 0 Å². The number of piperidine rings is 1. The molecule has 2 heterocycles. The molecular formula is C11H20N4O2S. The van der Waals surface area contributed by atoms with Crippen LogP contribution < -0.4 is 4.72 Å². The fourth-order valence-electron chi connectivity index (χ4n) is 2.22. The van der Waals surface area contributed by atoms with E-state index in [-0.39, 0.29) is 4.90 Å². The lowest BCUT2D eigenvalue weighted by molar-refractivity contribution is 0.213. The molecule has 0 saturated carbocycles. The number of H-pyrrole nitrogens is 1. The molecule has 2 rings (SSSR count). The third-order valence-corrected chi connectivity index (χ3v) is 4.89. The number of likely N-dealkylation sites (tertiary alicyclic amines) is 1. The molecule has 0 bridgehead atoms. The van der Waals surface area contributed by atoms with Gasteiger partial charge >= 0.3 is 0 Å². The van der Waals surface area contributed by atoms with Gasteiger partial charge in [-0.3, -0.25) is 5.10 Å². The second-order valence-corrected chi connectivity index (χ2v) is 6.63. The highest BCUT2D eigenvalue weighted by Crippen LogP contribution is 2.19. The average Bonchev–Trinajstić information content (AvgIpc) is 2.86. The molecule has 0 unspecified atom stereocenters. The summed E-state index contributed by atoms with van der Waals surface area (Å²) in [7, 11) is -1.26. The van der Waals surface area contributed by atoms with Crippen molar-refractivity contribution in [2.24, 2.45) is 5.92 Å². The van der Waals surface area contributed by atoms with E-state index in [4.69, 9.17) is 0 Å². The molecule has 0 radical (unpaired) electrons. The lowest BCUT2D eigenvalue weighted by Crippen LogP contribution is -2.32. The summed E-state index contributed by atoms with van der Waals surface area (Å²) < 4.78 is 26.2. The Kier molecular flexibility index (Phi) is 4.36. The zero-order valence-electron chi connectivity index (χ0n) is 10.6. The number of rotatable bonds is 5. The van der Waals surface area contributed by atoms with Crippen LogP contribution in [-0.4, -0.2) is 50.2 Å². The van der Waals surface area contributed by atoms with Crippen molar-refractivity contribution in [2.45, 2.75) is 24.2 Å². The Bertz CT molecular complexity index is 449. The van der Waals surface area contributed by atoms with Gasteiger partial charge in [0.05, 0.1) is 6.20 Å². The third kappa shape index (κ3) is 3.54. The van der Waals surface area contributed by atoms with Crippen molar-refractivity contribution in [2.75, 3.05) is 26.7 Å². The molecule has 1 aliphatic rings. The summed E-state index contributed by atoms with van der Waals surface area (Å²) in [6, 6.07) is 0. The Hall–Kier alpha value is -0.920. The molecule has 1 aromatic heterocycles. The van der Waals surface area contributed by atoms with Crippen LogP contribution in [0.1, 0.15) is 19.3 Å². The van der Waals surface area contributed by atoms with E-state index in [1.165, 1.54) is 12.4 Å². The van der Waals surface area contributed by atoms with E-state index in [2.05, 4.69) is 26.9 Å². The molecule has 1 aromatic rings. The molecule has 102 valence electrons. The summed E-state index contributed by atoms with van der Waals surface area (Å²) in [5.41, 5.74) is 0. The van der Waals surface area contributed by atoms with Gasteiger partial charge in [-0.05, 0) is 45.3 Å². The molecule has 1 fully saturated rings. The molecule has 0 amide bonds. The summed E-state index contributed by atoms with van der Waals surface area (Å²) in [4.78, 5) is 2.51. The fraction of sp³-hybridized carbons (Fsp3) is 0.727. The first-order valence-electron chi connectivity index (χ1n) is 6.25. The van der Waals surface area contributed by atoms with E-state index in [0.717, 1.165) is 32.4 Å². The number of aromatic amines is 1. The van der Waals surface area contributed by atoms with Crippen LogP contribution in [0, 0.1) is 5.92 Å². The van der Waals surface area contributed by atoms with Gasteiger partial charge < -0.3 is 4.90 Å². The zero-order chi connectivity index (χ0) is 13.0. The Morgan fingerprint density at radius 3 is 2.83 bits per heavy atom. The highest BCUT2D eigenvalue weighted by atomic mass is 32.2. The van der Waals surface area contributed by atoms with Gasteiger partial charge in [0, 0.05) is 12.7 Å². The van der Waals surface area contributed by atoms with Crippen molar-refractivity contribution in [1.29, 1.82) is 0 Å². The maximum atomic E-state index is 11.8. The molecule has 6 nitrogen and oxygen atoms in total. The first kappa shape index (κ1) is 13.5. The van der Waals surface area contributed by atoms with E-state index in [1.807, 2.05) is 0 Å². The Balaban J connectivity index is 1.75. The van der Waals surface area contributed by atoms with Crippen LogP contribution in [0.3, 0.4) is 0 Å². The maximum Gasteiger partial charge on any atom is 0.243 e. The molecule has 1 saturated heterocycles. The van der Waals surface area contributed by atoms with Gasteiger partial charge in [-0.15, -0.1) is 0 Å². The van der Waals surface area contributed by atoms with E-state index in [0.29, 0.717) is 12.5 Å². The van der Waals surface area contributed by atoms with Crippen LogP contribution in [0.2, 0.25) is 0 Å². The van der Waals surface area contributed by atoms with Crippen molar-refractivity contribution in [3.8, 4) is 0 Å². The van der Waals surface area contributed by atoms with Crippen LogP contribution in [0.15, 0.2) is 17.3 Å². The van der Waals surface area contributed by atoms with Gasteiger partial charge in [-0.1, -0.05) is 0 Å².